The smallest absolute Gasteiger partial charge is 1.00 e. The summed E-state index contributed by atoms with van der Waals surface area (Å²) in [7, 11) is 2.81. The molecule has 26 heteroatoms. The standard InChI is InChI=1S/C25H19F3N2O5.C18H14F2N2O5.C7H6BrF.CH2O3.CH4.2Cs.H/c1-3-33-24(31)21-19(15-8-6-12-29-23(15)32-2)20-17(10-11-18-22(20)35-25(27,28)34-18)30(21)13-14-7-4-5-9-16(14)26;1-3-25-17(23)14-12(9-5-4-8-21-16(9)24-2)13-10(22-14)6-7-11-15(13)27-18(19,20)26-11;8-5-6-3-1-2-4-7(6)9;2-1-4-3;;;;/h4-12H,3,13H2,1-2H3;4-8,22H,3H2,1-2H3;1-4H,5H2;1,3H;1H4;;;/q;;;;;2*+1;-1/p-1. The summed E-state index contributed by atoms with van der Waals surface area (Å²) >= 11 is 3.17. The van der Waals surface area contributed by atoms with Crippen molar-refractivity contribution in [3.05, 3.63) is 144 Å². The number of rotatable bonds is 12. The topological polar surface area (TPSA) is 204 Å². The largest absolute Gasteiger partial charge is 1.00 e. The summed E-state index contributed by atoms with van der Waals surface area (Å²) in [4.78, 5) is 48.3. The molecule has 0 amide bonds. The van der Waals surface area contributed by atoms with E-state index < -0.39 is 30.3 Å². The molecule has 8 aromatic rings. The number of benzene rings is 4. The van der Waals surface area contributed by atoms with Gasteiger partial charge in [-0.25, -0.2) is 28.3 Å². The predicted octanol–water partition coefficient (Wildman–Crippen LogP) is 5.05. The van der Waals surface area contributed by atoms with E-state index in [1.165, 1.54) is 67.6 Å². The number of nitrogens with zero attached hydrogens (tertiary/aromatic N) is 3. The first-order valence-corrected chi connectivity index (χ1v) is 23.1. The summed E-state index contributed by atoms with van der Waals surface area (Å²) in [5.74, 6) is -2.42. The first-order chi connectivity index (χ1) is 36.0. The first-order valence-electron chi connectivity index (χ1n) is 22.0. The van der Waals surface area contributed by atoms with Gasteiger partial charge in [0.15, 0.2) is 23.0 Å². The van der Waals surface area contributed by atoms with Gasteiger partial charge >= 0.3 is 162 Å². The Bertz CT molecular complexity index is 3400. The SMILES string of the molecule is C.CCOC(=O)c1[nH]c2ccc3c(c2c1-c1cccnc1OC)OC(F)(F)O3.CCOC(=O)c1c(-c2cccnc2OC)c2c3c(ccc2n1Cc1ccccc1F)OC(F)(F)O3.Fc1ccccc1CBr.O=CO[O-].[Cs+].[Cs+].[H-]. The Hall–Kier alpha value is -4.41. The number of carbonyl (C=O) groups excluding carboxylic acids is 3. The van der Waals surface area contributed by atoms with Gasteiger partial charge in [-0.2, -0.15) is 0 Å². The number of methoxy groups -OCH3 is 2. The van der Waals surface area contributed by atoms with Crippen LogP contribution in [0.1, 0.15) is 54.8 Å². The molecule has 0 bridgehead atoms. The van der Waals surface area contributed by atoms with Gasteiger partial charge in [0, 0.05) is 45.5 Å². The van der Waals surface area contributed by atoms with Crippen LogP contribution in [0, 0.1) is 11.6 Å². The van der Waals surface area contributed by atoms with Crippen LogP contribution >= 0.6 is 15.9 Å². The number of fused-ring (bicyclic) bond motifs is 6. The summed E-state index contributed by atoms with van der Waals surface area (Å²) in [6.45, 7) is 3.24. The van der Waals surface area contributed by atoms with E-state index in [0.29, 0.717) is 33.1 Å². The third kappa shape index (κ3) is 14.9. The van der Waals surface area contributed by atoms with Crippen LogP contribution in [-0.4, -0.2) is 78.0 Å². The second-order valence-corrected chi connectivity index (χ2v) is 15.8. The molecule has 0 atom stereocenters. The molecule has 4 aromatic heterocycles. The van der Waals surface area contributed by atoms with Crippen LogP contribution in [0.3, 0.4) is 0 Å². The maximum atomic E-state index is 14.6. The van der Waals surface area contributed by atoms with E-state index in [2.05, 4.69) is 45.2 Å². The van der Waals surface area contributed by atoms with Crippen LogP contribution in [0.4, 0.5) is 26.3 Å². The van der Waals surface area contributed by atoms with Gasteiger partial charge in [-0.1, -0.05) is 59.8 Å². The van der Waals surface area contributed by atoms with Crippen LogP contribution in [0.2, 0.25) is 0 Å². The normalized spacial score (nSPS) is 12.5. The number of ether oxygens (including phenoxy) is 8. The minimum absolute atomic E-state index is 0. The van der Waals surface area contributed by atoms with E-state index in [9.17, 15) is 35.9 Å². The van der Waals surface area contributed by atoms with Crippen molar-refractivity contribution in [1.82, 2.24) is 19.5 Å². The number of halogens is 7. The summed E-state index contributed by atoms with van der Waals surface area (Å²) in [5.41, 5.74) is 3.03. The number of aromatic amines is 1. The Kier molecular flexibility index (Phi) is 25.3. The molecule has 0 unspecified atom stereocenters. The Balaban J connectivity index is 0.000000330. The molecule has 0 fully saturated rings. The Morgan fingerprint density at radius 1 is 0.705 bits per heavy atom. The second kappa shape index (κ2) is 29.9. The molecular weight excluding hydrogens is 1350 g/mol. The van der Waals surface area contributed by atoms with Crippen LogP contribution in [-0.2, 0) is 31.0 Å². The number of hydrogen-bond donors (Lipinski definition) is 1. The van der Waals surface area contributed by atoms with Gasteiger partial charge in [0.25, 0.3) is 6.47 Å². The third-order valence-electron chi connectivity index (χ3n) is 10.8. The number of carbonyl (C=O) groups is 3. The van der Waals surface area contributed by atoms with Gasteiger partial charge in [0.1, 0.15) is 23.0 Å². The number of esters is 2. The molecule has 0 spiro atoms. The molecule has 402 valence electrons. The van der Waals surface area contributed by atoms with Crippen molar-refractivity contribution < 1.29 is 228 Å². The number of H-pyrrole nitrogens is 1. The summed E-state index contributed by atoms with van der Waals surface area (Å²) in [6.07, 6.45) is -4.69. The molecule has 2 aliphatic heterocycles. The summed E-state index contributed by atoms with van der Waals surface area (Å²) < 4.78 is 124. The van der Waals surface area contributed by atoms with Crippen molar-refractivity contribution in [2.75, 3.05) is 27.4 Å². The number of pyridine rings is 2. The van der Waals surface area contributed by atoms with Crippen LogP contribution in [0.15, 0.2) is 109 Å². The average Bonchev–Trinajstić information content (AvgIpc) is 4.15. The molecule has 10 rings (SSSR count). The fourth-order valence-corrected chi connectivity index (χ4v) is 8.34. The van der Waals surface area contributed by atoms with Crippen molar-refractivity contribution >= 4 is 56.1 Å². The molecule has 4 aromatic carbocycles. The molecule has 0 saturated carbocycles. The molecule has 6 heterocycles. The van der Waals surface area contributed by atoms with E-state index in [4.69, 9.17) is 38.5 Å². The van der Waals surface area contributed by atoms with Crippen LogP contribution < -0.4 is 171 Å². The monoisotopic (exact) mass is 1390 g/mol. The molecular formula is C52H45BrCs2F6N4O13. The Labute approximate surface area is 568 Å². The van der Waals surface area contributed by atoms with Crippen LogP contribution in [0.25, 0.3) is 44.1 Å². The molecule has 78 heavy (non-hydrogen) atoms. The Morgan fingerprint density at radius 3 is 1.68 bits per heavy atom. The zero-order valence-corrected chi connectivity index (χ0v) is 55.7. The molecule has 0 aliphatic carbocycles. The quantitative estimate of drug-likeness (QED) is 0.0425. The van der Waals surface area contributed by atoms with Gasteiger partial charge in [-0.05, 0) is 80.1 Å². The molecule has 0 saturated heterocycles. The van der Waals surface area contributed by atoms with E-state index in [1.807, 2.05) is 6.07 Å². The first kappa shape index (κ1) is 66.1. The van der Waals surface area contributed by atoms with Gasteiger partial charge in [-0.3, -0.25) is 4.79 Å². The molecule has 1 N–H and O–H groups in total. The maximum Gasteiger partial charge on any atom is 1.00 e. The molecule has 0 radical (unpaired) electrons. The van der Waals surface area contributed by atoms with Crippen molar-refractivity contribution in [3.63, 3.8) is 0 Å². The maximum absolute atomic E-state index is 14.6. The van der Waals surface area contributed by atoms with E-state index in [-0.39, 0.29) is 252 Å². The summed E-state index contributed by atoms with van der Waals surface area (Å²) in [5, 5.41) is 9.42. The van der Waals surface area contributed by atoms with Crippen molar-refractivity contribution in [2.24, 2.45) is 0 Å². The van der Waals surface area contributed by atoms with Gasteiger partial charge < -0.3 is 59.0 Å². The van der Waals surface area contributed by atoms with Gasteiger partial charge in [-0.15, -0.1) is 17.6 Å². The zero-order valence-electron chi connectivity index (χ0n) is 42.6. The number of aromatic nitrogens is 4. The second-order valence-electron chi connectivity index (χ2n) is 15.2. The van der Waals surface area contributed by atoms with E-state index in [1.54, 1.807) is 68.4 Å². The number of hydrogen-bond acceptors (Lipinski definition) is 15. The van der Waals surface area contributed by atoms with E-state index in [0.717, 1.165) is 0 Å². The minimum Gasteiger partial charge on any atom is -1.00 e. The molecule has 17 nitrogen and oxygen atoms in total. The van der Waals surface area contributed by atoms with Crippen molar-refractivity contribution in [1.29, 1.82) is 0 Å². The fourth-order valence-electron chi connectivity index (χ4n) is 7.89. The Morgan fingerprint density at radius 2 is 1.19 bits per heavy atom. The fraction of sp³-hybridized carbons (Fsp3) is 0.212. The predicted molar refractivity (Wildman–Crippen MR) is 264 cm³/mol. The van der Waals surface area contributed by atoms with Crippen molar-refractivity contribution in [3.8, 4) is 57.0 Å². The third-order valence-corrected chi connectivity index (χ3v) is 11.4. The molecule has 2 aliphatic rings. The van der Waals surface area contributed by atoms with Gasteiger partial charge in [0.05, 0.1) is 55.8 Å². The van der Waals surface area contributed by atoms with Gasteiger partial charge in [0.2, 0.25) is 11.8 Å². The summed E-state index contributed by atoms with van der Waals surface area (Å²) in [6, 6.07) is 25.0. The van der Waals surface area contributed by atoms with E-state index >= 15 is 0 Å². The number of alkyl halides is 5. The van der Waals surface area contributed by atoms with Crippen LogP contribution in [0.5, 0.6) is 34.8 Å². The minimum atomic E-state index is -3.90. The zero-order chi connectivity index (χ0) is 54.0. The average molecular weight is 1390 g/mol. The van der Waals surface area contributed by atoms with Crippen molar-refractivity contribution in [2.45, 2.75) is 45.7 Å². The number of nitrogens with one attached hydrogen (secondary N) is 1.